The monoisotopic (exact) mass is 478 g/mol. The highest BCUT2D eigenvalue weighted by Gasteiger charge is 2.35. The van der Waals surface area contributed by atoms with E-state index in [9.17, 15) is 33.1 Å². The minimum absolute atomic E-state index is 0.0276. The summed E-state index contributed by atoms with van der Waals surface area (Å²) in [5.41, 5.74) is -1.77. The molecule has 1 saturated heterocycles. The second kappa shape index (κ2) is 10.3. The lowest BCUT2D eigenvalue weighted by Crippen LogP contribution is -2.54. The summed E-state index contributed by atoms with van der Waals surface area (Å²) in [5, 5.41) is 17.3. The number of ketones is 1. The van der Waals surface area contributed by atoms with Gasteiger partial charge in [-0.05, 0) is 38.8 Å². The zero-order valence-corrected chi connectivity index (χ0v) is 18.9. The lowest BCUT2D eigenvalue weighted by molar-refractivity contribution is -0.132. The van der Waals surface area contributed by atoms with Gasteiger partial charge in [0.1, 0.15) is 29.8 Å². The molecule has 3 rings (SSSR count). The molecule has 0 saturated carbocycles. The van der Waals surface area contributed by atoms with Gasteiger partial charge in [0.15, 0.2) is 5.78 Å². The van der Waals surface area contributed by atoms with E-state index in [1.54, 1.807) is 6.07 Å². The fourth-order valence-electron chi connectivity index (χ4n) is 3.98. The first-order chi connectivity index (χ1) is 16.0. The van der Waals surface area contributed by atoms with E-state index in [2.05, 4.69) is 20.9 Å². The number of aliphatic hydroxyl groups excluding tert-OH is 1. The molecule has 0 unspecified atom stereocenters. The molecule has 184 valence electrons. The van der Waals surface area contributed by atoms with Crippen LogP contribution in [0.1, 0.15) is 43.6 Å². The van der Waals surface area contributed by atoms with Crippen LogP contribution in [0.2, 0.25) is 0 Å². The number of aromatic nitrogens is 1. The van der Waals surface area contributed by atoms with Crippen molar-refractivity contribution in [1.29, 1.82) is 0 Å². The molecule has 3 amide bonds. The zero-order valence-electron chi connectivity index (χ0n) is 18.9. The number of hydrogen-bond acceptors (Lipinski definition) is 5. The molecule has 0 spiro atoms. The molecule has 1 aliphatic heterocycles. The molecule has 1 aromatic heterocycles. The third-order valence-electron chi connectivity index (χ3n) is 5.71. The smallest absolute Gasteiger partial charge is 0.268 e. The molecule has 0 radical (unpaired) electrons. The van der Waals surface area contributed by atoms with E-state index in [-0.39, 0.29) is 23.5 Å². The number of para-hydroxylation sites is 1. The van der Waals surface area contributed by atoms with Crippen LogP contribution in [0, 0.1) is 11.7 Å². The van der Waals surface area contributed by atoms with Gasteiger partial charge in [0.25, 0.3) is 5.91 Å². The second-order valence-corrected chi connectivity index (χ2v) is 9.03. The summed E-state index contributed by atoms with van der Waals surface area (Å²) < 4.78 is 28.4. The molecule has 0 aliphatic carbocycles. The minimum atomic E-state index is -1.86. The largest absolute Gasteiger partial charge is 0.389 e. The highest BCUT2D eigenvalue weighted by molar-refractivity contribution is 6.01. The molecule has 1 aliphatic rings. The minimum Gasteiger partial charge on any atom is -0.389 e. The number of carbonyl (C=O) groups is 4. The number of alkyl halides is 1. The summed E-state index contributed by atoms with van der Waals surface area (Å²) in [4.78, 5) is 52.6. The highest BCUT2D eigenvalue weighted by atomic mass is 19.1. The van der Waals surface area contributed by atoms with Crippen LogP contribution in [0.15, 0.2) is 24.3 Å². The van der Waals surface area contributed by atoms with E-state index in [0.717, 1.165) is 0 Å². The molecule has 11 heteroatoms. The van der Waals surface area contributed by atoms with Gasteiger partial charge in [0, 0.05) is 24.3 Å². The van der Waals surface area contributed by atoms with Crippen molar-refractivity contribution in [2.75, 3.05) is 13.2 Å². The van der Waals surface area contributed by atoms with Crippen molar-refractivity contribution >= 4 is 34.4 Å². The third kappa shape index (κ3) is 6.16. The molecular formula is C23H28F2N4O5. The lowest BCUT2D eigenvalue weighted by Gasteiger charge is -2.26. The van der Waals surface area contributed by atoms with Gasteiger partial charge in [-0.2, -0.15) is 0 Å². The number of rotatable bonds is 10. The Morgan fingerprint density at radius 2 is 1.97 bits per heavy atom. The summed E-state index contributed by atoms with van der Waals surface area (Å²) in [6, 6.07) is 3.15. The van der Waals surface area contributed by atoms with Crippen LogP contribution in [0.4, 0.5) is 8.78 Å². The maximum atomic E-state index is 14.5. The molecule has 3 atom stereocenters. The van der Waals surface area contributed by atoms with Gasteiger partial charge in [-0.15, -0.1) is 0 Å². The summed E-state index contributed by atoms with van der Waals surface area (Å²) in [6.45, 7) is 2.05. The van der Waals surface area contributed by atoms with Crippen LogP contribution in [0.5, 0.6) is 0 Å². The number of H-pyrrole nitrogens is 1. The van der Waals surface area contributed by atoms with Crippen molar-refractivity contribution in [2.45, 2.75) is 50.9 Å². The summed E-state index contributed by atoms with van der Waals surface area (Å²) in [6.07, 6.45) is 0.0274. The quantitative estimate of drug-likeness (QED) is 0.348. The zero-order chi connectivity index (χ0) is 25.0. The van der Waals surface area contributed by atoms with Gasteiger partial charge in [0.05, 0.1) is 11.6 Å². The first-order valence-electron chi connectivity index (χ1n) is 11.0. The van der Waals surface area contributed by atoms with Crippen molar-refractivity contribution in [2.24, 2.45) is 5.92 Å². The molecule has 2 heterocycles. The Bertz CT molecular complexity index is 1090. The van der Waals surface area contributed by atoms with E-state index in [1.807, 2.05) is 0 Å². The van der Waals surface area contributed by atoms with Crippen LogP contribution in [-0.4, -0.2) is 64.5 Å². The first-order valence-corrected chi connectivity index (χ1v) is 11.0. The van der Waals surface area contributed by atoms with Crippen molar-refractivity contribution < 1.29 is 33.1 Å². The van der Waals surface area contributed by atoms with E-state index in [0.29, 0.717) is 18.4 Å². The highest BCUT2D eigenvalue weighted by Crippen LogP contribution is 2.21. The van der Waals surface area contributed by atoms with Crippen LogP contribution < -0.4 is 16.0 Å². The van der Waals surface area contributed by atoms with E-state index in [4.69, 9.17) is 0 Å². The SMILES string of the molecule is CC(C)(F)C[C@H](NC(=O)c1cc2cccc(F)c2[nH]1)C(=O)N[C@@H](C[C@@H]1CCNC1=O)C(=O)CO. The number of nitrogens with one attached hydrogen (secondary N) is 4. The average Bonchev–Trinajstić information content (AvgIpc) is 3.38. The number of fused-ring (bicyclic) bond motifs is 1. The predicted octanol–water partition coefficient (Wildman–Crippen LogP) is 1.12. The van der Waals surface area contributed by atoms with Crippen molar-refractivity contribution in [1.82, 2.24) is 20.9 Å². The fraction of sp³-hybridized carbons (Fsp3) is 0.478. The first kappa shape index (κ1) is 25.3. The van der Waals surface area contributed by atoms with Gasteiger partial charge >= 0.3 is 0 Å². The molecule has 9 nitrogen and oxygen atoms in total. The van der Waals surface area contributed by atoms with Crippen LogP contribution >= 0.6 is 0 Å². The molecule has 1 aromatic carbocycles. The van der Waals surface area contributed by atoms with Gasteiger partial charge in [-0.3, -0.25) is 19.2 Å². The maximum Gasteiger partial charge on any atom is 0.268 e. The topological polar surface area (TPSA) is 140 Å². The molecule has 1 fully saturated rings. The molecule has 34 heavy (non-hydrogen) atoms. The summed E-state index contributed by atoms with van der Waals surface area (Å²) >= 11 is 0. The Balaban J connectivity index is 1.78. The number of halogens is 2. The number of benzene rings is 1. The Hall–Kier alpha value is -3.34. The van der Waals surface area contributed by atoms with Crippen molar-refractivity contribution in [3.63, 3.8) is 0 Å². The Morgan fingerprint density at radius 3 is 2.56 bits per heavy atom. The fourth-order valence-corrected chi connectivity index (χ4v) is 3.98. The number of aliphatic hydroxyl groups is 1. The maximum absolute atomic E-state index is 14.5. The third-order valence-corrected chi connectivity index (χ3v) is 5.71. The molecular weight excluding hydrogens is 450 g/mol. The number of aromatic amines is 1. The average molecular weight is 478 g/mol. The lowest BCUT2D eigenvalue weighted by atomic mass is 9.94. The number of carbonyl (C=O) groups excluding carboxylic acids is 4. The Morgan fingerprint density at radius 1 is 1.24 bits per heavy atom. The number of amides is 3. The normalized spacial score (nSPS) is 17.8. The van der Waals surface area contributed by atoms with E-state index < -0.39 is 60.1 Å². The van der Waals surface area contributed by atoms with Gasteiger partial charge < -0.3 is 26.0 Å². The number of Topliss-reactive ketones (excluding diaryl/α,β-unsaturated/α-hetero) is 1. The van der Waals surface area contributed by atoms with Crippen LogP contribution in [0.3, 0.4) is 0 Å². The predicted molar refractivity (Wildman–Crippen MR) is 119 cm³/mol. The van der Waals surface area contributed by atoms with Crippen molar-refractivity contribution in [3.05, 3.63) is 35.8 Å². The molecule has 5 N–H and O–H groups in total. The molecule has 2 aromatic rings. The Kier molecular flexibility index (Phi) is 7.65. The second-order valence-electron chi connectivity index (χ2n) is 9.03. The van der Waals surface area contributed by atoms with E-state index >= 15 is 0 Å². The molecule has 0 bridgehead atoms. The summed E-state index contributed by atoms with van der Waals surface area (Å²) in [5.74, 6) is -3.65. The van der Waals surface area contributed by atoms with E-state index in [1.165, 1.54) is 32.0 Å². The van der Waals surface area contributed by atoms with Gasteiger partial charge in [-0.1, -0.05) is 12.1 Å². The van der Waals surface area contributed by atoms with Gasteiger partial charge in [0.2, 0.25) is 11.8 Å². The Labute approximate surface area is 194 Å². The standard InChI is InChI=1S/C23H28F2N4O5/c1-23(2,25)10-17(29-21(33)16-8-12-4-3-5-14(24)19(12)27-16)22(34)28-15(18(31)11-30)9-13-6-7-26-20(13)32/h3-5,8,13,15,17,27,30H,6-7,9-11H2,1-2H3,(H,26,32)(H,28,34)(H,29,33)/t13-,15-,17-/m0/s1. The van der Waals surface area contributed by atoms with Crippen molar-refractivity contribution in [3.8, 4) is 0 Å². The van der Waals surface area contributed by atoms with Crippen LogP contribution in [0.25, 0.3) is 10.9 Å². The van der Waals surface area contributed by atoms with Gasteiger partial charge in [-0.25, -0.2) is 8.78 Å². The number of hydrogen-bond donors (Lipinski definition) is 5. The van der Waals surface area contributed by atoms with Crippen LogP contribution in [-0.2, 0) is 14.4 Å². The summed E-state index contributed by atoms with van der Waals surface area (Å²) in [7, 11) is 0.